The fourth-order valence-corrected chi connectivity index (χ4v) is 3.54. The molecule has 0 amide bonds. The number of cyclic esters (lactones) is 1. The number of hydrogen-bond acceptors (Lipinski definition) is 2. The normalized spacial score (nSPS) is 25.1. The maximum atomic E-state index is 11.5. The molecule has 0 bridgehead atoms. The zero-order chi connectivity index (χ0) is 12.2. The van der Waals surface area contributed by atoms with E-state index in [0.717, 1.165) is 18.4 Å². The fourth-order valence-electron chi connectivity index (χ4n) is 1.67. The van der Waals surface area contributed by atoms with Crippen LogP contribution >= 0.6 is 47.8 Å². The van der Waals surface area contributed by atoms with Crippen LogP contribution in [0.2, 0.25) is 0 Å². The molecule has 92 valence electrons. The maximum Gasteiger partial charge on any atom is 0.347 e. The largest absolute Gasteiger partial charge is 0.438 e. The Balaban J connectivity index is 2.63. The summed E-state index contributed by atoms with van der Waals surface area (Å²) < 4.78 is 5.23. The van der Waals surface area contributed by atoms with E-state index in [1.54, 1.807) is 0 Å². The highest BCUT2D eigenvalue weighted by Crippen LogP contribution is 2.44. The van der Waals surface area contributed by atoms with Crippen LogP contribution in [-0.2, 0) is 9.53 Å². The number of rotatable bonds is 6. The van der Waals surface area contributed by atoms with Crippen LogP contribution in [0.5, 0.6) is 0 Å². The van der Waals surface area contributed by atoms with Gasteiger partial charge in [-0.25, -0.2) is 4.79 Å². The minimum Gasteiger partial charge on any atom is -0.438 e. The lowest BCUT2D eigenvalue weighted by atomic mass is 10.0. The molecule has 0 N–H and O–H groups in total. The number of ether oxygens (including phenoxy) is 1. The Morgan fingerprint density at radius 3 is 2.56 bits per heavy atom. The molecular weight excluding hydrogens is 404 g/mol. The summed E-state index contributed by atoms with van der Waals surface area (Å²) in [5, 5.41) is 0.573. The van der Waals surface area contributed by atoms with Gasteiger partial charge in [0.05, 0.1) is 5.33 Å². The molecule has 5 heteroatoms. The quantitative estimate of drug-likeness (QED) is 0.356. The van der Waals surface area contributed by atoms with Gasteiger partial charge in [-0.1, -0.05) is 42.1 Å². The maximum absolute atomic E-state index is 11.5. The van der Waals surface area contributed by atoms with Gasteiger partial charge in [0, 0.05) is 5.57 Å². The Bertz CT molecular complexity index is 302. The van der Waals surface area contributed by atoms with Crippen LogP contribution in [0.15, 0.2) is 10.1 Å². The number of unbranched alkanes of at least 4 members (excludes halogenated alkanes) is 3. The highest BCUT2D eigenvalue weighted by molar-refractivity contribution is 9.13. The molecule has 0 aromatic rings. The lowest BCUT2D eigenvalue weighted by Crippen LogP contribution is -2.26. The molecule has 1 heterocycles. The van der Waals surface area contributed by atoms with Crippen LogP contribution < -0.4 is 0 Å². The molecule has 0 spiro atoms. The highest BCUT2D eigenvalue weighted by Gasteiger charge is 2.43. The SMILES string of the molecule is CCCCCCC1=C(Br)C(=O)OC1(Br)CBr. The third-order valence-corrected chi connectivity index (χ3v) is 5.87. The molecule has 0 saturated heterocycles. The van der Waals surface area contributed by atoms with E-state index in [9.17, 15) is 4.79 Å². The van der Waals surface area contributed by atoms with E-state index in [4.69, 9.17) is 4.74 Å². The average molecular weight is 419 g/mol. The van der Waals surface area contributed by atoms with Gasteiger partial charge in [-0.2, -0.15) is 0 Å². The second-order valence-corrected chi connectivity index (χ2v) is 6.49. The minimum atomic E-state index is -0.644. The van der Waals surface area contributed by atoms with Gasteiger partial charge in [0.2, 0.25) is 0 Å². The molecule has 0 aromatic carbocycles. The monoisotopic (exact) mass is 416 g/mol. The van der Waals surface area contributed by atoms with E-state index in [2.05, 4.69) is 54.7 Å². The third kappa shape index (κ3) is 3.33. The first-order chi connectivity index (χ1) is 7.55. The van der Waals surface area contributed by atoms with Crippen molar-refractivity contribution < 1.29 is 9.53 Å². The number of halogens is 3. The summed E-state index contributed by atoms with van der Waals surface area (Å²) in [6.45, 7) is 2.19. The first-order valence-corrected chi connectivity index (χ1v) is 8.13. The van der Waals surface area contributed by atoms with Gasteiger partial charge < -0.3 is 4.74 Å². The molecule has 1 aliphatic rings. The third-order valence-electron chi connectivity index (χ3n) is 2.60. The predicted molar refractivity (Wildman–Crippen MR) is 76.3 cm³/mol. The number of carbonyl (C=O) groups excluding carboxylic acids is 1. The number of hydrogen-bond donors (Lipinski definition) is 0. The van der Waals surface area contributed by atoms with Crippen molar-refractivity contribution in [1.29, 1.82) is 0 Å². The minimum absolute atomic E-state index is 0.276. The summed E-state index contributed by atoms with van der Waals surface area (Å²) >= 11 is 10.2. The van der Waals surface area contributed by atoms with Crippen molar-refractivity contribution in [3.05, 3.63) is 10.1 Å². The first-order valence-electron chi connectivity index (χ1n) is 5.42. The molecule has 1 aliphatic heterocycles. The Hall–Kier alpha value is 0.650. The first kappa shape index (κ1) is 14.7. The second kappa shape index (κ2) is 6.55. The van der Waals surface area contributed by atoms with Gasteiger partial charge in [-0.05, 0) is 44.7 Å². The summed E-state index contributed by atoms with van der Waals surface area (Å²) in [6, 6.07) is 0. The molecule has 1 unspecified atom stereocenters. The van der Waals surface area contributed by atoms with E-state index in [-0.39, 0.29) is 5.97 Å². The topological polar surface area (TPSA) is 26.3 Å². The Kier molecular flexibility index (Phi) is 6.02. The molecule has 0 fully saturated rings. The Morgan fingerprint density at radius 2 is 2.00 bits per heavy atom. The van der Waals surface area contributed by atoms with Crippen molar-refractivity contribution in [2.45, 2.75) is 43.5 Å². The molecule has 1 rings (SSSR count). The molecule has 16 heavy (non-hydrogen) atoms. The van der Waals surface area contributed by atoms with Crippen molar-refractivity contribution in [1.82, 2.24) is 0 Å². The molecule has 0 aliphatic carbocycles. The van der Waals surface area contributed by atoms with Crippen molar-refractivity contribution in [3.8, 4) is 0 Å². The lowest BCUT2D eigenvalue weighted by molar-refractivity contribution is -0.139. The fraction of sp³-hybridized carbons (Fsp3) is 0.727. The van der Waals surface area contributed by atoms with E-state index < -0.39 is 4.51 Å². The number of esters is 1. The van der Waals surface area contributed by atoms with E-state index >= 15 is 0 Å². The number of carbonyl (C=O) groups is 1. The van der Waals surface area contributed by atoms with Crippen LogP contribution in [0.25, 0.3) is 0 Å². The zero-order valence-corrected chi connectivity index (χ0v) is 14.0. The molecule has 0 aromatic heterocycles. The summed E-state index contributed by atoms with van der Waals surface area (Å²) in [5.41, 5.74) is 1.02. The van der Waals surface area contributed by atoms with Gasteiger partial charge in [-0.3, -0.25) is 0 Å². The zero-order valence-electron chi connectivity index (χ0n) is 9.19. The smallest absolute Gasteiger partial charge is 0.347 e. The summed E-state index contributed by atoms with van der Waals surface area (Å²) in [7, 11) is 0. The second-order valence-electron chi connectivity index (χ2n) is 3.85. The molecule has 2 nitrogen and oxygen atoms in total. The lowest BCUT2D eigenvalue weighted by Gasteiger charge is -2.21. The van der Waals surface area contributed by atoms with E-state index in [0.29, 0.717) is 9.81 Å². The van der Waals surface area contributed by atoms with Gasteiger partial charge in [0.15, 0.2) is 4.51 Å². The molecule has 0 radical (unpaired) electrons. The van der Waals surface area contributed by atoms with Crippen molar-refractivity contribution in [2.75, 3.05) is 5.33 Å². The standard InChI is InChI=1S/C11H15Br3O2/c1-2-3-4-5-6-8-9(13)10(15)16-11(8,14)7-12/h2-7H2,1H3. The average Bonchev–Trinajstić information content (AvgIpc) is 2.48. The predicted octanol–water partition coefficient (Wildman–Crippen LogP) is 4.65. The summed E-state index contributed by atoms with van der Waals surface area (Å²) in [4.78, 5) is 11.5. The van der Waals surface area contributed by atoms with Gasteiger partial charge in [-0.15, -0.1) is 0 Å². The van der Waals surface area contributed by atoms with Crippen LogP contribution in [0.4, 0.5) is 0 Å². The van der Waals surface area contributed by atoms with Crippen molar-refractivity contribution in [3.63, 3.8) is 0 Å². The van der Waals surface area contributed by atoms with Crippen LogP contribution in [0.1, 0.15) is 39.0 Å². The van der Waals surface area contributed by atoms with E-state index in [1.807, 2.05) is 0 Å². The van der Waals surface area contributed by atoms with Gasteiger partial charge in [0.25, 0.3) is 0 Å². The molecule has 0 saturated carbocycles. The van der Waals surface area contributed by atoms with Crippen LogP contribution in [0, 0.1) is 0 Å². The van der Waals surface area contributed by atoms with Gasteiger partial charge in [0.1, 0.15) is 4.48 Å². The van der Waals surface area contributed by atoms with Crippen molar-refractivity contribution >= 4 is 53.8 Å². The van der Waals surface area contributed by atoms with E-state index in [1.165, 1.54) is 19.3 Å². The summed E-state index contributed by atoms with van der Waals surface area (Å²) in [6.07, 6.45) is 5.63. The summed E-state index contributed by atoms with van der Waals surface area (Å²) in [5.74, 6) is -0.276. The Morgan fingerprint density at radius 1 is 1.31 bits per heavy atom. The molecular formula is C11H15Br3O2. The highest BCUT2D eigenvalue weighted by atomic mass is 79.9. The number of alkyl halides is 2. The van der Waals surface area contributed by atoms with Crippen LogP contribution in [0.3, 0.4) is 0 Å². The van der Waals surface area contributed by atoms with Gasteiger partial charge >= 0.3 is 5.97 Å². The Labute approximate surface area is 122 Å². The van der Waals surface area contributed by atoms with Crippen molar-refractivity contribution in [2.24, 2.45) is 0 Å². The molecule has 1 atom stereocenters. The van der Waals surface area contributed by atoms with Crippen LogP contribution in [-0.4, -0.2) is 15.8 Å².